The smallest absolute Gasteiger partial charge is 0.411 e. The second-order valence-electron chi connectivity index (χ2n) is 7.95. The number of rotatable bonds is 7. The number of imide groups is 1. The van der Waals surface area contributed by atoms with E-state index in [2.05, 4.69) is 15.4 Å². The van der Waals surface area contributed by atoms with E-state index < -0.39 is 48.0 Å². The van der Waals surface area contributed by atoms with Gasteiger partial charge in [-0.25, -0.2) is 9.18 Å². The fourth-order valence-corrected chi connectivity index (χ4v) is 4.02. The van der Waals surface area contributed by atoms with Crippen LogP contribution in [0.15, 0.2) is 30.3 Å². The maximum atomic E-state index is 13.6. The highest BCUT2D eigenvalue weighted by Crippen LogP contribution is 2.35. The minimum Gasteiger partial charge on any atom is -0.496 e. The minimum absolute atomic E-state index is 0.0429. The van der Waals surface area contributed by atoms with Crippen molar-refractivity contribution in [3.05, 3.63) is 52.8 Å². The normalized spacial score (nSPS) is 17.1. The number of anilines is 1. The first-order valence-corrected chi connectivity index (χ1v) is 10.7. The van der Waals surface area contributed by atoms with Gasteiger partial charge in [0.25, 0.3) is 5.91 Å². The third-order valence-electron chi connectivity index (χ3n) is 5.66. The number of benzene rings is 2. The van der Waals surface area contributed by atoms with E-state index in [1.54, 1.807) is 6.07 Å². The highest BCUT2D eigenvalue weighted by molar-refractivity contribution is 6.05. The molecule has 2 aliphatic heterocycles. The second kappa shape index (κ2) is 10.1. The van der Waals surface area contributed by atoms with Gasteiger partial charge in [0.15, 0.2) is 11.6 Å². The lowest BCUT2D eigenvalue weighted by Crippen LogP contribution is -2.52. The molecular weight excluding hydrogens is 487 g/mol. The highest BCUT2D eigenvalue weighted by Gasteiger charge is 2.40. The summed E-state index contributed by atoms with van der Waals surface area (Å²) in [6.07, 6.45) is -0.650. The predicted octanol–water partition coefficient (Wildman–Crippen LogP) is 2.95. The van der Waals surface area contributed by atoms with Gasteiger partial charge in [0.05, 0.1) is 13.7 Å². The number of ether oxygens (including phenoxy) is 3. The van der Waals surface area contributed by atoms with Crippen molar-refractivity contribution in [1.82, 2.24) is 10.2 Å². The molecule has 0 bridgehead atoms. The fraction of sp³-hybridized carbons (Fsp3) is 0.304. The summed E-state index contributed by atoms with van der Waals surface area (Å²) in [5.41, 5.74) is 1.18. The third kappa shape index (κ3) is 5.19. The summed E-state index contributed by atoms with van der Waals surface area (Å²) in [7, 11) is 1.40. The fourth-order valence-electron chi connectivity index (χ4n) is 4.02. The van der Waals surface area contributed by atoms with E-state index in [1.807, 2.05) is 0 Å². The molecule has 190 valence electrons. The molecule has 4 rings (SSSR count). The zero-order valence-electron chi connectivity index (χ0n) is 18.8. The summed E-state index contributed by atoms with van der Waals surface area (Å²) < 4.78 is 52.9. The molecule has 2 N–H and O–H groups in total. The average Bonchev–Trinajstić information content (AvgIpc) is 3.15. The summed E-state index contributed by atoms with van der Waals surface area (Å²) in [6, 6.07) is 5.14. The van der Waals surface area contributed by atoms with Gasteiger partial charge in [-0.15, -0.1) is 0 Å². The molecule has 13 heteroatoms. The Labute approximate surface area is 202 Å². The van der Waals surface area contributed by atoms with Crippen LogP contribution >= 0.6 is 0 Å². The summed E-state index contributed by atoms with van der Waals surface area (Å²) in [4.78, 5) is 50.3. The van der Waals surface area contributed by atoms with Crippen molar-refractivity contribution in [2.75, 3.05) is 12.4 Å². The van der Waals surface area contributed by atoms with Crippen LogP contribution in [0.4, 0.5) is 23.7 Å². The number of nitrogens with one attached hydrogen (secondary N) is 2. The molecule has 1 unspecified atom stereocenters. The predicted molar refractivity (Wildman–Crippen MR) is 116 cm³/mol. The first-order chi connectivity index (χ1) is 17.2. The Kier molecular flexibility index (Phi) is 6.99. The SMILES string of the molecule is COc1cc(COC(=O)Nc2ccc(F)c(OC(F)F)c2)cc2c1CN(C1CCC(=O)NC1=O)C2=O. The van der Waals surface area contributed by atoms with Crippen LogP contribution in [0, 0.1) is 5.82 Å². The maximum absolute atomic E-state index is 13.6. The number of nitrogens with zero attached hydrogens (tertiary/aromatic N) is 1. The van der Waals surface area contributed by atoms with Gasteiger partial charge >= 0.3 is 12.7 Å². The van der Waals surface area contributed by atoms with Gasteiger partial charge in [0.1, 0.15) is 18.4 Å². The monoisotopic (exact) mass is 507 g/mol. The first-order valence-electron chi connectivity index (χ1n) is 10.7. The van der Waals surface area contributed by atoms with E-state index in [0.29, 0.717) is 16.9 Å². The lowest BCUT2D eigenvalue weighted by Gasteiger charge is -2.29. The van der Waals surface area contributed by atoms with Gasteiger partial charge in [-0.05, 0) is 36.2 Å². The Balaban J connectivity index is 1.44. The van der Waals surface area contributed by atoms with Gasteiger partial charge in [0, 0.05) is 29.3 Å². The van der Waals surface area contributed by atoms with Crippen molar-refractivity contribution >= 4 is 29.5 Å². The van der Waals surface area contributed by atoms with Crippen LogP contribution < -0.4 is 20.1 Å². The van der Waals surface area contributed by atoms with E-state index in [1.165, 1.54) is 18.1 Å². The minimum atomic E-state index is -3.25. The quantitative estimate of drug-likeness (QED) is 0.553. The Morgan fingerprint density at radius 2 is 1.97 bits per heavy atom. The van der Waals surface area contributed by atoms with E-state index in [0.717, 1.165) is 18.2 Å². The number of alkyl halides is 2. The molecule has 4 amide bonds. The first kappa shape index (κ1) is 24.8. The molecule has 2 aromatic carbocycles. The van der Waals surface area contributed by atoms with Crippen LogP contribution in [0.3, 0.4) is 0 Å². The van der Waals surface area contributed by atoms with E-state index in [-0.39, 0.29) is 37.2 Å². The lowest BCUT2D eigenvalue weighted by molar-refractivity contribution is -0.136. The summed E-state index contributed by atoms with van der Waals surface area (Å²) >= 11 is 0. The molecule has 1 saturated heterocycles. The van der Waals surface area contributed by atoms with E-state index in [4.69, 9.17) is 9.47 Å². The largest absolute Gasteiger partial charge is 0.496 e. The Morgan fingerprint density at radius 1 is 1.19 bits per heavy atom. The van der Waals surface area contributed by atoms with Gasteiger partial charge in [-0.2, -0.15) is 8.78 Å². The molecule has 1 atom stereocenters. The number of piperidine rings is 1. The van der Waals surface area contributed by atoms with Crippen molar-refractivity contribution < 1.29 is 46.6 Å². The van der Waals surface area contributed by atoms with Crippen molar-refractivity contribution in [1.29, 1.82) is 0 Å². The second-order valence-corrected chi connectivity index (χ2v) is 7.95. The zero-order chi connectivity index (χ0) is 26.0. The summed E-state index contributed by atoms with van der Waals surface area (Å²) in [5, 5.41) is 4.50. The van der Waals surface area contributed by atoms with Crippen molar-refractivity contribution in [3.8, 4) is 11.5 Å². The summed E-state index contributed by atoms with van der Waals surface area (Å²) in [6.45, 7) is -3.42. The van der Waals surface area contributed by atoms with E-state index >= 15 is 0 Å². The van der Waals surface area contributed by atoms with Gasteiger partial charge in [-0.1, -0.05) is 0 Å². The molecule has 0 spiro atoms. The number of carbonyl (C=O) groups excluding carboxylic acids is 4. The van der Waals surface area contributed by atoms with Crippen LogP contribution in [-0.2, 0) is 27.5 Å². The molecule has 0 radical (unpaired) electrons. The topological polar surface area (TPSA) is 123 Å². The molecule has 2 aliphatic rings. The molecule has 36 heavy (non-hydrogen) atoms. The highest BCUT2D eigenvalue weighted by atomic mass is 19.3. The zero-order valence-corrected chi connectivity index (χ0v) is 18.8. The summed E-state index contributed by atoms with van der Waals surface area (Å²) in [5.74, 6) is -2.80. The molecule has 2 heterocycles. The number of carbonyl (C=O) groups is 4. The van der Waals surface area contributed by atoms with Gasteiger partial charge < -0.3 is 19.1 Å². The van der Waals surface area contributed by atoms with Crippen LogP contribution in [0.2, 0.25) is 0 Å². The number of hydrogen-bond acceptors (Lipinski definition) is 7. The number of hydrogen-bond donors (Lipinski definition) is 2. The van der Waals surface area contributed by atoms with Crippen molar-refractivity contribution in [3.63, 3.8) is 0 Å². The molecule has 0 aromatic heterocycles. The average molecular weight is 507 g/mol. The van der Waals surface area contributed by atoms with Gasteiger partial charge in [-0.3, -0.25) is 25.0 Å². The van der Waals surface area contributed by atoms with Crippen molar-refractivity contribution in [2.45, 2.75) is 38.6 Å². The number of halogens is 3. The van der Waals surface area contributed by atoms with Gasteiger partial charge in [0.2, 0.25) is 11.8 Å². The maximum Gasteiger partial charge on any atom is 0.411 e. The number of methoxy groups -OCH3 is 1. The standard InChI is InChI=1S/C23H20F3N3O7/c1-34-17-7-11(10-35-23(33)27-12-2-3-15(24)18(8-12)36-22(25)26)6-13-14(17)9-29(21(13)32)16-4-5-19(30)28-20(16)31/h2-3,6-8,16,22H,4-5,9-10H2,1H3,(H,27,33)(H,28,30,31). The molecule has 0 saturated carbocycles. The van der Waals surface area contributed by atoms with Crippen LogP contribution in [0.25, 0.3) is 0 Å². The van der Waals surface area contributed by atoms with E-state index in [9.17, 15) is 32.3 Å². The third-order valence-corrected chi connectivity index (χ3v) is 5.66. The molecule has 1 fully saturated rings. The molecular formula is C23H20F3N3O7. The molecule has 2 aromatic rings. The number of amides is 4. The number of fused-ring (bicyclic) bond motifs is 1. The van der Waals surface area contributed by atoms with Crippen LogP contribution in [-0.4, -0.2) is 48.5 Å². The molecule has 0 aliphatic carbocycles. The lowest BCUT2D eigenvalue weighted by atomic mass is 10.0. The van der Waals surface area contributed by atoms with Crippen LogP contribution in [0.5, 0.6) is 11.5 Å². The van der Waals surface area contributed by atoms with Crippen LogP contribution in [0.1, 0.15) is 34.3 Å². The molecule has 10 nitrogen and oxygen atoms in total. The Hall–Kier alpha value is -4.29. The Bertz CT molecular complexity index is 1240. The Morgan fingerprint density at radius 3 is 2.67 bits per heavy atom. The van der Waals surface area contributed by atoms with Crippen molar-refractivity contribution in [2.24, 2.45) is 0 Å².